The van der Waals surface area contributed by atoms with Crippen LogP contribution in [-0.4, -0.2) is 62.5 Å². The Kier molecular flexibility index (Phi) is 8.07. The molecule has 0 unspecified atom stereocenters. The Morgan fingerprint density at radius 2 is 2.00 bits per heavy atom. The highest BCUT2D eigenvalue weighted by Gasteiger charge is 2.18. The molecule has 1 saturated heterocycles. The lowest BCUT2D eigenvalue weighted by Gasteiger charge is -2.32. The molecule has 0 saturated carbocycles. The molecule has 0 bridgehead atoms. The zero-order valence-corrected chi connectivity index (χ0v) is 13.0. The average Bonchev–Trinajstić information content (AvgIpc) is 2.40. The second-order valence-electron chi connectivity index (χ2n) is 5.88. The van der Waals surface area contributed by atoms with E-state index < -0.39 is 0 Å². The lowest BCUT2D eigenvalue weighted by Crippen LogP contribution is -2.38. The Bertz CT molecular complexity index is 248. The van der Waals surface area contributed by atoms with Crippen molar-refractivity contribution in [2.45, 2.75) is 39.0 Å². The number of hydrogen-bond acceptors (Lipinski definition) is 3. The second kappa shape index (κ2) is 9.32. The third kappa shape index (κ3) is 6.92. The Hall–Kier alpha value is -0.610. The molecule has 112 valence electrons. The molecule has 0 aromatic rings. The van der Waals surface area contributed by atoms with Crippen molar-refractivity contribution >= 4 is 5.91 Å². The monoisotopic (exact) mass is 269 g/mol. The summed E-state index contributed by atoms with van der Waals surface area (Å²) >= 11 is 0. The highest BCUT2D eigenvalue weighted by molar-refractivity contribution is 5.75. The smallest absolute Gasteiger partial charge is 0.222 e. The fourth-order valence-corrected chi connectivity index (χ4v) is 2.57. The van der Waals surface area contributed by atoms with Gasteiger partial charge in [-0.1, -0.05) is 6.92 Å². The van der Waals surface area contributed by atoms with Crippen LogP contribution in [0.15, 0.2) is 0 Å². The minimum atomic E-state index is 0.249. The van der Waals surface area contributed by atoms with E-state index in [4.69, 9.17) is 0 Å². The van der Waals surface area contributed by atoms with Gasteiger partial charge in [0.1, 0.15) is 0 Å². The van der Waals surface area contributed by atoms with Crippen molar-refractivity contribution < 1.29 is 4.79 Å². The number of rotatable bonds is 8. The SMILES string of the molecule is CCCNCC1CCN(CCCC(=O)N(C)C)CC1. The normalized spacial score (nSPS) is 17.6. The summed E-state index contributed by atoms with van der Waals surface area (Å²) in [5, 5.41) is 3.52. The summed E-state index contributed by atoms with van der Waals surface area (Å²) in [5.74, 6) is 1.10. The van der Waals surface area contributed by atoms with Crippen LogP contribution >= 0.6 is 0 Å². The lowest BCUT2D eigenvalue weighted by molar-refractivity contribution is -0.128. The first-order valence-corrected chi connectivity index (χ1v) is 7.76. The first-order valence-electron chi connectivity index (χ1n) is 7.76. The molecule has 0 spiro atoms. The van der Waals surface area contributed by atoms with Gasteiger partial charge >= 0.3 is 0 Å². The molecule has 0 radical (unpaired) electrons. The minimum Gasteiger partial charge on any atom is -0.349 e. The van der Waals surface area contributed by atoms with Gasteiger partial charge in [-0.2, -0.15) is 0 Å². The van der Waals surface area contributed by atoms with Gasteiger partial charge in [-0.25, -0.2) is 0 Å². The molecule has 1 heterocycles. The van der Waals surface area contributed by atoms with Crippen molar-refractivity contribution in [3.8, 4) is 0 Å². The van der Waals surface area contributed by atoms with Crippen molar-refractivity contribution in [1.82, 2.24) is 15.1 Å². The fourth-order valence-electron chi connectivity index (χ4n) is 2.57. The number of carbonyl (C=O) groups is 1. The van der Waals surface area contributed by atoms with E-state index in [9.17, 15) is 4.79 Å². The zero-order chi connectivity index (χ0) is 14.1. The quantitative estimate of drug-likeness (QED) is 0.679. The van der Waals surface area contributed by atoms with Crippen LogP contribution < -0.4 is 5.32 Å². The van der Waals surface area contributed by atoms with Crippen LogP contribution in [-0.2, 0) is 4.79 Å². The Balaban J connectivity index is 2.05. The van der Waals surface area contributed by atoms with Crippen LogP contribution in [0.1, 0.15) is 39.0 Å². The average molecular weight is 269 g/mol. The first-order chi connectivity index (χ1) is 9.13. The molecule has 1 amide bonds. The molecule has 19 heavy (non-hydrogen) atoms. The predicted molar refractivity (Wildman–Crippen MR) is 80.3 cm³/mol. The van der Waals surface area contributed by atoms with E-state index in [2.05, 4.69) is 17.1 Å². The van der Waals surface area contributed by atoms with Crippen LogP contribution in [0.2, 0.25) is 0 Å². The van der Waals surface area contributed by atoms with E-state index in [1.54, 1.807) is 4.90 Å². The van der Waals surface area contributed by atoms with Crippen molar-refractivity contribution in [3.05, 3.63) is 0 Å². The topological polar surface area (TPSA) is 35.6 Å². The summed E-state index contributed by atoms with van der Waals surface area (Å²) in [6.45, 7) is 8.02. The van der Waals surface area contributed by atoms with Crippen molar-refractivity contribution in [1.29, 1.82) is 0 Å². The van der Waals surface area contributed by atoms with E-state index in [1.807, 2.05) is 14.1 Å². The number of piperidine rings is 1. The van der Waals surface area contributed by atoms with E-state index in [-0.39, 0.29) is 5.91 Å². The maximum atomic E-state index is 11.5. The summed E-state index contributed by atoms with van der Waals surface area (Å²) in [6, 6.07) is 0. The molecule has 0 aromatic carbocycles. The second-order valence-corrected chi connectivity index (χ2v) is 5.88. The van der Waals surface area contributed by atoms with Crippen LogP contribution in [0.4, 0.5) is 0 Å². The first kappa shape index (κ1) is 16.4. The lowest BCUT2D eigenvalue weighted by atomic mass is 9.96. The summed E-state index contributed by atoms with van der Waals surface area (Å²) < 4.78 is 0. The van der Waals surface area contributed by atoms with Crippen molar-refractivity contribution in [3.63, 3.8) is 0 Å². The van der Waals surface area contributed by atoms with Gasteiger partial charge in [-0.15, -0.1) is 0 Å². The molecule has 1 fully saturated rings. The van der Waals surface area contributed by atoms with Gasteiger partial charge in [-0.3, -0.25) is 4.79 Å². The molecule has 4 nitrogen and oxygen atoms in total. The van der Waals surface area contributed by atoms with Gasteiger partial charge in [0.25, 0.3) is 0 Å². The molecule has 0 aromatic heterocycles. The number of nitrogens with one attached hydrogen (secondary N) is 1. The van der Waals surface area contributed by atoms with Crippen molar-refractivity contribution in [2.75, 3.05) is 46.8 Å². The Labute approximate surface area is 118 Å². The number of amides is 1. The maximum Gasteiger partial charge on any atom is 0.222 e. The van der Waals surface area contributed by atoms with E-state index in [0.29, 0.717) is 6.42 Å². The highest BCUT2D eigenvalue weighted by Crippen LogP contribution is 2.16. The van der Waals surface area contributed by atoms with Gasteiger partial charge in [0.05, 0.1) is 0 Å². The van der Waals surface area contributed by atoms with Gasteiger partial charge < -0.3 is 15.1 Å². The summed E-state index contributed by atoms with van der Waals surface area (Å²) in [7, 11) is 3.66. The standard InChI is InChI=1S/C15H31N3O/c1-4-9-16-13-14-7-11-18(12-8-14)10-5-6-15(19)17(2)3/h14,16H,4-13H2,1-3H3. The van der Waals surface area contributed by atoms with Crippen molar-refractivity contribution in [2.24, 2.45) is 5.92 Å². The number of hydrogen-bond donors (Lipinski definition) is 1. The molecular formula is C15H31N3O. The zero-order valence-electron chi connectivity index (χ0n) is 13.0. The molecule has 0 aliphatic carbocycles. The molecule has 4 heteroatoms. The van der Waals surface area contributed by atoms with Gasteiger partial charge in [0.2, 0.25) is 5.91 Å². The van der Waals surface area contributed by atoms with Crippen LogP contribution in [0, 0.1) is 5.92 Å². The number of nitrogens with zero attached hydrogens (tertiary/aromatic N) is 2. The molecule has 1 N–H and O–H groups in total. The summed E-state index contributed by atoms with van der Waals surface area (Å²) in [4.78, 5) is 15.7. The molecule has 1 aliphatic heterocycles. The third-order valence-electron chi connectivity index (χ3n) is 3.93. The largest absolute Gasteiger partial charge is 0.349 e. The van der Waals surface area contributed by atoms with Crippen LogP contribution in [0.5, 0.6) is 0 Å². The van der Waals surface area contributed by atoms with Gasteiger partial charge in [-0.05, 0) is 64.3 Å². The molecule has 1 aliphatic rings. The third-order valence-corrected chi connectivity index (χ3v) is 3.93. The molecule has 0 atom stereocenters. The van der Waals surface area contributed by atoms with Crippen LogP contribution in [0.3, 0.4) is 0 Å². The summed E-state index contributed by atoms with van der Waals surface area (Å²) in [6.07, 6.45) is 5.51. The Morgan fingerprint density at radius 1 is 1.32 bits per heavy atom. The maximum absolute atomic E-state index is 11.5. The minimum absolute atomic E-state index is 0.249. The number of carbonyl (C=O) groups excluding carboxylic acids is 1. The summed E-state index contributed by atoms with van der Waals surface area (Å²) in [5.41, 5.74) is 0. The Morgan fingerprint density at radius 3 is 2.58 bits per heavy atom. The fraction of sp³-hybridized carbons (Fsp3) is 0.933. The van der Waals surface area contributed by atoms with Crippen LogP contribution in [0.25, 0.3) is 0 Å². The molecule has 1 rings (SSSR count). The van der Waals surface area contributed by atoms with E-state index in [0.717, 1.165) is 25.4 Å². The number of likely N-dealkylation sites (tertiary alicyclic amines) is 1. The van der Waals surface area contributed by atoms with E-state index in [1.165, 1.54) is 38.9 Å². The van der Waals surface area contributed by atoms with Gasteiger partial charge in [0.15, 0.2) is 0 Å². The van der Waals surface area contributed by atoms with E-state index >= 15 is 0 Å². The predicted octanol–water partition coefficient (Wildman–Crippen LogP) is 1.57. The molecular weight excluding hydrogens is 238 g/mol. The van der Waals surface area contributed by atoms with Gasteiger partial charge in [0, 0.05) is 20.5 Å². The highest BCUT2D eigenvalue weighted by atomic mass is 16.2.